The molecule has 0 saturated heterocycles. The first-order valence-corrected chi connectivity index (χ1v) is 9.95. The Bertz CT molecular complexity index is 1260. The fourth-order valence-electron chi connectivity index (χ4n) is 3.22. The van der Waals surface area contributed by atoms with Gasteiger partial charge in [0.25, 0.3) is 5.91 Å². The van der Waals surface area contributed by atoms with Crippen LogP contribution in [0.2, 0.25) is 0 Å². The third-order valence-electron chi connectivity index (χ3n) is 4.79. The number of para-hydroxylation sites is 2. The molecule has 0 radical (unpaired) electrons. The Hall–Kier alpha value is -4.21. The summed E-state index contributed by atoms with van der Waals surface area (Å²) in [7, 11) is 0. The molecule has 1 unspecified atom stereocenters. The normalized spacial score (nSPS) is 14.8. The van der Waals surface area contributed by atoms with E-state index in [1.54, 1.807) is 36.4 Å². The van der Waals surface area contributed by atoms with Crippen molar-refractivity contribution in [1.82, 2.24) is 25.1 Å². The van der Waals surface area contributed by atoms with E-state index in [1.165, 1.54) is 16.6 Å². The highest BCUT2D eigenvalue weighted by Gasteiger charge is 2.26. The van der Waals surface area contributed by atoms with Gasteiger partial charge in [-0.1, -0.05) is 12.1 Å². The Morgan fingerprint density at radius 2 is 1.91 bits per heavy atom. The molecule has 32 heavy (non-hydrogen) atoms. The lowest BCUT2D eigenvalue weighted by molar-refractivity contribution is -0.130. The molecular weight excluding hydrogens is 417 g/mol. The van der Waals surface area contributed by atoms with Crippen LogP contribution in [0, 0.1) is 5.82 Å². The second-order valence-corrected chi connectivity index (χ2v) is 6.98. The summed E-state index contributed by atoms with van der Waals surface area (Å²) < 4.78 is 31.6. The van der Waals surface area contributed by atoms with Gasteiger partial charge in [-0.15, -0.1) is 15.3 Å². The van der Waals surface area contributed by atoms with Gasteiger partial charge in [0.2, 0.25) is 12.0 Å². The monoisotopic (exact) mass is 435 g/mol. The molecule has 162 valence electrons. The van der Waals surface area contributed by atoms with E-state index in [4.69, 9.17) is 14.2 Å². The Labute approximate surface area is 181 Å². The van der Waals surface area contributed by atoms with Crippen molar-refractivity contribution >= 4 is 11.6 Å². The van der Waals surface area contributed by atoms with Gasteiger partial charge in [0.1, 0.15) is 19.0 Å². The van der Waals surface area contributed by atoms with Gasteiger partial charge < -0.3 is 19.5 Å². The van der Waals surface area contributed by atoms with E-state index in [2.05, 4.69) is 20.6 Å². The minimum atomic E-state index is -0.727. The number of rotatable bonds is 6. The molecule has 2 aromatic carbocycles. The molecule has 0 fully saturated rings. The summed E-state index contributed by atoms with van der Waals surface area (Å²) in [6.45, 7) is 0.594. The minimum absolute atomic E-state index is 0.141. The predicted octanol–water partition coefficient (Wildman–Crippen LogP) is 2.27. The molecule has 0 bridgehead atoms. The Kier molecular flexibility index (Phi) is 5.24. The lowest BCUT2D eigenvalue weighted by atomic mass is 10.2. The molecule has 3 heterocycles. The van der Waals surface area contributed by atoms with E-state index in [-0.39, 0.29) is 31.5 Å². The highest BCUT2D eigenvalue weighted by atomic mass is 19.1. The van der Waals surface area contributed by atoms with Crippen LogP contribution in [0.5, 0.6) is 17.4 Å². The van der Waals surface area contributed by atoms with Crippen LogP contribution in [0.1, 0.15) is 0 Å². The van der Waals surface area contributed by atoms with Gasteiger partial charge in [0.05, 0.1) is 6.54 Å². The Balaban J connectivity index is 1.17. The Morgan fingerprint density at radius 3 is 2.75 bits per heavy atom. The fourth-order valence-corrected chi connectivity index (χ4v) is 3.22. The van der Waals surface area contributed by atoms with Crippen LogP contribution < -0.4 is 19.5 Å². The Morgan fingerprint density at radius 1 is 1.09 bits per heavy atom. The molecule has 4 aromatic rings. The van der Waals surface area contributed by atoms with E-state index in [9.17, 15) is 9.18 Å². The first-order valence-electron chi connectivity index (χ1n) is 9.95. The van der Waals surface area contributed by atoms with E-state index in [1.807, 2.05) is 12.1 Å². The highest BCUT2D eigenvalue weighted by molar-refractivity contribution is 5.81. The van der Waals surface area contributed by atoms with E-state index in [0.29, 0.717) is 34.4 Å². The van der Waals surface area contributed by atoms with Gasteiger partial charge in [-0.25, -0.2) is 4.39 Å². The standard InChI is InChI=1S/C22H18FN5O4/c23-15-7-5-14(6-8-15)21-26-25-19-9-10-20(27-28(19)21)30-12-11-24-22(29)18-13-31-16-3-1-2-4-17(16)32-18/h1-10,18H,11-13H2,(H,24,29). The summed E-state index contributed by atoms with van der Waals surface area (Å²) in [5.41, 5.74) is 1.20. The number of hydrogen-bond donors (Lipinski definition) is 1. The molecule has 1 atom stereocenters. The molecule has 2 aromatic heterocycles. The summed E-state index contributed by atoms with van der Waals surface area (Å²) >= 11 is 0. The molecule has 1 aliphatic rings. The van der Waals surface area contributed by atoms with Crippen LogP contribution >= 0.6 is 0 Å². The second-order valence-electron chi connectivity index (χ2n) is 6.98. The number of fused-ring (bicyclic) bond motifs is 2. The number of benzene rings is 2. The highest BCUT2D eigenvalue weighted by Crippen LogP contribution is 2.30. The van der Waals surface area contributed by atoms with Crippen LogP contribution in [0.25, 0.3) is 17.0 Å². The van der Waals surface area contributed by atoms with Gasteiger partial charge in [0, 0.05) is 11.6 Å². The van der Waals surface area contributed by atoms with Crippen LogP contribution in [0.3, 0.4) is 0 Å². The van der Waals surface area contributed by atoms with E-state index >= 15 is 0 Å². The molecule has 1 aliphatic heterocycles. The summed E-state index contributed by atoms with van der Waals surface area (Å²) in [4.78, 5) is 12.4. The van der Waals surface area contributed by atoms with Crippen LogP contribution in [-0.4, -0.2) is 51.6 Å². The van der Waals surface area contributed by atoms with Crippen molar-refractivity contribution in [2.45, 2.75) is 6.10 Å². The molecule has 10 heteroatoms. The fraction of sp³-hybridized carbons (Fsp3) is 0.182. The number of carbonyl (C=O) groups is 1. The summed E-state index contributed by atoms with van der Waals surface area (Å²) in [6, 6.07) is 16.5. The molecule has 9 nitrogen and oxygen atoms in total. The molecule has 1 amide bonds. The maximum absolute atomic E-state index is 13.2. The third kappa shape index (κ3) is 4.02. The van der Waals surface area contributed by atoms with Crippen molar-refractivity contribution < 1.29 is 23.4 Å². The van der Waals surface area contributed by atoms with Crippen molar-refractivity contribution in [2.75, 3.05) is 19.8 Å². The zero-order chi connectivity index (χ0) is 21.9. The molecule has 0 aliphatic carbocycles. The number of carbonyl (C=O) groups excluding carboxylic acids is 1. The summed E-state index contributed by atoms with van der Waals surface area (Å²) in [5.74, 6) is 1.34. The zero-order valence-electron chi connectivity index (χ0n) is 16.8. The topological polar surface area (TPSA) is 99.9 Å². The minimum Gasteiger partial charge on any atom is -0.485 e. The molecule has 0 saturated carbocycles. The average Bonchev–Trinajstić information content (AvgIpc) is 3.25. The van der Waals surface area contributed by atoms with Gasteiger partial charge >= 0.3 is 0 Å². The van der Waals surface area contributed by atoms with Crippen LogP contribution in [0.15, 0.2) is 60.7 Å². The smallest absolute Gasteiger partial charge is 0.264 e. The number of nitrogens with zero attached hydrogens (tertiary/aromatic N) is 4. The molecular formula is C22H18FN5O4. The lowest BCUT2D eigenvalue weighted by Crippen LogP contribution is -2.45. The lowest BCUT2D eigenvalue weighted by Gasteiger charge is -2.25. The molecule has 0 spiro atoms. The quantitative estimate of drug-likeness (QED) is 0.464. The first-order chi connectivity index (χ1) is 15.7. The van der Waals surface area contributed by atoms with Crippen molar-refractivity contribution in [1.29, 1.82) is 0 Å². The van der Waals surface area contributed by atoms with E-state index in [0.717, 1.165) is 0 Å². The van der Waals surface area contributed by atoms with Crippen LogP contribution in [0.4, 0.5) is 4.39 Å². The van der Waals surface area contributed by atoms with Crippen molar-refractivity contribution in [3.63, 3.8) is 0 Å². The van der Waals surface area contributed by atoms with Gasteiger partial charge in [-0.05, 0) is 42.5 Å². The summed E-state index contributed by atoms with van der Waals surface area (Å²) in [5, 5.41) is 15.3. The maximum Gasteiger partial charge on any atom is 0.264 e. The van der Waals surface area contributed by atoms with Crippen molar-refractivity contribution in [3.8, 4) is 28.8 Å². The predicted molar refractivity (Wildman–Crippen MR) is 111 cm³/mol. The van der Waals surface area contributed by atoms with E-state index < -0.39 is 6.10 Å². The number of nitrogens with one attached hydrogen (secondary N) is 1. The van der Waals surface area contributed by atoms with Gasteiger partial charge in [-0.3, -0.25) is 4.79 Å². The average molecular weight is 435 g/mol. The zero-order valence-corrected chi connectivity index (χ0v) is 16.8. The van der Waals surface area contributed by atoms with Gasteiger partial charge in [0.15, 0.2) is 23.0 Å². The molecule has 5 rings (SSSR count). The largest absolute Gasteiger partial charge is 0.485 e. The van der Waals surface area contributed by atoms with Crippen molar-refractivity contribution in [3.05, 3.63) is 66.5 Å². The number of aromatic nitrogens is 4. The third-order valence-corrected chi connectivity index (χ3v) is 4.79. The summed E-state index contributed by atoms with van der Waals surface area (Å²) in [6.07, 6.45) is -0.727. The first kappa shape index (κ1) is 19.7. The van der Waals surface area contributed by atoms with Crippen molar-refractivity contribution in [2.24, 2.45) is 0 Å². The van der Waals surface area contributed by atoms with Crippen LogP contribution in [-0.2, 0) is 4.79 Å². The SMILES string of the molecule is O=C(NCCOc1ccc2nnc(-c3ccc(F)cc3)n2n1)C1COc2ccccc2O1. The molecule has 1 N–H and O–H groups in total. The maximum atomic E-state index is 13.2. The number of halogens is 1. The number of hydrogen-bond acceptors (Lipinski definition) is 7. The van der Waals surface area contributed by atoms with Gasteiger partial charge in [-0.2, -0.15) is 4.52 Å². The number of amides is 1. The second kappa shape index (κ2) is 8.50. The number of ether oxygens (including phenoxy) is 3.